The summed E-state index contributed by atoms with van der Waals surface area (Å²) < 4.78 is 1.86. The Hall–Kier alpha value is -1.40. The van der Waals surface area contributed by atoms with Gasteiger partial charge < -0.3 is 10.2 Å². The predicted octanol–water partition coefficient (Wildman–Crippen LogP) is 0.724. The van der Waals surface area contributed by atoms with E-state index in [2.05, 4.69) is 34.2 Å². The van der Waals surface area contributed by atoms with E-state index in [1.807, 2.05) is 24.0 Å². The Bertz CT molecular complexity index is 465. The maximum Gasteiger partial charge on any atom is 0.220 e. The summed E-state index contributed by atoms with van der Waals surface area (Å²) in [5, 5.41) is 7.19. The Morgan fingerprint density at radius 2 is 2.09 bits per heavy atom. The number of likely N-dealkylation sites (N-methyl/N-ethyl adjacent to an activating group) is 1. The molecular formula is C16H29N5O. The zero-order valence-electron chi connectivity index (χ0n) is 14.1. The van der Waals surface area contributed by atoms with E-state index in [9.17, 15) is 4.79 Å². The van der Waals surface area contributed by atoms with Crippen LogP contribution in [0.1, 0.15) is 25.3 Å². The quantitative estimate of drug-likeness (QED) is 0.807. The number of hydrogen-bond acceptors (Lipinski definition) is 4. The first kappa shape index (κ1) is 17.0. The molecule has 22 heavy (non-hydrogen) atoms. The number of aromatic nitrogens is 2. The predicted molar refractivity (Wildman–Crippen MR) is 87.7 cm³/mol. The van der Waals surface area contributed by atoms with Gasteiger partial charge in [0.25, 0.3) is 0 Å². The molecule has 1 N–H and O–H groups in total. The fourth-order valence-corrected chi connectivity index (χ4v) is 2.77. The molecule has 1 atom stereocenters. The van der Waals surface area contributed by atoms with E-state index in [-0.39, 0.29) is 5.91 Å². The van der Waals surface area contributed by atoms with Crippen molar-refractivity contribution in [2.75, 3.05) is 39.8 Å². The van der Waals surface area contributed by atoms with Gasteiger partial charge in [-0.1, -0.05) is 0 Å². The molecule has 1 saturated heterocycles. The van der Waals surface area contributed by atoms with E-state index >= 15 is 0 Å². The van der Waals surface area contributed by atoms with Gasteiger partial charge in [0.2, 0.25) is 5.91 Å². The lowest BCUT2D eigenvalue weighted by atomic mass is 10.1. The summed E-state index contributed by atoms with van der Waals surface area (Å²) in [5.74, 6) is 0.143. The molecular weight excluding hydrogens is 278 g/mol. The lowest BCUT2D eigenvalue weighted by Crippen LogP contribution is -2.48. The molecule has 1 aromatic heterocycles. The van der Waals surface area contributed by atoms with Crippen molar-refractivity contribution in [1.82, 2.24) is 24.9 Å². The SMILES string of the molecule is Cc1cnn(CCNC(=O)CC[C@H](C)N2CCN(C)CC2)c1. The van der Waals surface area contributed by atoms with Gasteiger partial charge >= 0.3 is 0 Å². The Balaban J connectivity index is 1.58. The summed E-state index contributed by atoms with van der Waals surface area (Å²) >= 11 is 0. The van der Waals surface area contributed by atoms with Crippen LogP contribution in [-0.2, 0) is 11.3 Å². The van der Waals surface area contributed by atoms with Crippen LogP contribution in [0.2, 0.25) is 0 Å². The third-order valence-corrected chi connectivity index (χ3v) is 4.38. The number of carbonyl (C=O) groups is 1. The molecule has 0 radical (unpaired) electrons. The topological polar surface area (TPSA) is 53.4 Å². The molecule has 6 heteroatoms. The highest BCUT2D eigenvalue weighted by atomic mass is 16.1. The Labute approximate surface area is 133 Å². The minimum Gasteiger partial charge on any atom is -0.354 e. The minimum atomic E-state index is 0.143. The number of nitrogens with one attached hydrogen (secondary N) is 1. The van der Waals surface area contributed by atoms with Crippen LogP contribution in [-0.4, -0.2) is 71.3 Å². The van der Waals surface area contributed by atoms with Crippen molar-refractivity contribution in [1.29, 1.82) is 0 Å². The van der Waals surface area contributed by atoms with Crippen LogP contribution in [0.4, 0.5) is 0 Å². The van der Waals surface area contributed by atoms with Crippen molar-refractivity contribution in [3.63, 3.8) is 0 Å². The number of aryl methyl sites for hydroxylation is 1. The number of amides is 1. The molecule has 0 saturated carbocycles. The largest absolute Gasteiger partial charge is 0.354 e. The van der Waals surface area contributed by atoms with Crippen LogP contribution >= 0.6 is 0 Å². The normalized spacial score (nSPS) is 18.3. The summed E-state index contributed by atoms with van der Waals surface area (Å²) in [7, 11) is 2.16. The van der Waals surface area contributed by atoms with Crippen LogP contribution in [0.15, 0.2) is 12.4 Å². The molecule has 1 aliphatic heterocycles. The van der Waals surface area contributed by atoms with Gasteiger partial charge in [0, 0.05) is 51.4 Å². The number of hydrogen-bond donors (Lipinski definition) is 1. The lowest BCUT2D eigenvalue weighted by molar-refractivity contribution is -0.121. The first-order valence-corrected chi connectivity index (χ1v) is 8.23. The van der Waals surface area contributed by atoms with E-state index in [1.165, 1.54) is 0 Å². The molecule has 6 nitrogen and oxygen atoms in total. The molecule has 0 aliphatic carbocycles. The van der Waals surface area contributed by atoms with Crippen LogP contribution in [0.25, 0.3) is 0 Å². The fourth-order valence-electron chi connectivity index (χ4n) is 2.77. The van der Waals surface area contributed by atoms with E-state index in [0.717, 1.165) is 44.7 Å². The highest BCUT2D eigenvalue weighted by Crippen LogP contribution is 2.09. The molecule has 1 aliphatic rings. The molecule has 1 aromatic rings. The van der Waals surface area contributed by atoms with Gasteiger partial charge in [-0.15, -0.1) is 0 Å². The standard InChI is InChI=1S/C16H29N5O/c1-14-12-18-21(13-14)7-6-17-16(22)5-4-15(2)20-10-8-19(3)9-11-20/h12-13,15H,4-11H2,1-3H3,(H,17,22)/t15-/m0/s1. The lowest BCUT2D eigenvalue weighted by Gasteiger charge is -2.36. The third kappa shape index (κ3) is 5.42. The maximum atomic E-state index is 11.9. The molecule has 124 valence electrons. The Morgan fingerprint density at radius 3 is 2.73 bits per heavy atom. The molecule has 0 spiro atoms. The highest BCUT2D eigenvalue weighted by molar-refractivity contribution is 5.75. The van der Waals surface area contributed by atoms with Gasteiger partial charge in [-0.25, -0.2) is 0 Å². The van der Waals surface area contributed by atoms with Gasteiger partial charge in [-0.05, 0) is 32.9 Å². The molecule has 2 rings (SSSR count). The zero-order valence-corrected chi connectivity index (χ0v) is 14.1. The minimum absolute atomic E-state index is 0.143. The van der Waals surface area contributed by atoms with E-state index in [1.54, 1.807) is 0 Å². The van der Waals surface area contributed by atoms with Crippen molar-refractivity contribution in [2.24, 2.45) is 0 Å². The van der Waals surface area contributed by atoms with Crippen molar-refractivity contribution in [3.05, 3.63) is 18.0 Å². The van der Waals surface area contributed by atoms with Gasteiger partial charge in [0.15, 0.2) is 0 Å². The molecule has 1 fully saturated rings. The van der Waals surface area contributed by atoms with Gasteiger partial charge in [-0.2, -0.15) is 5.10 Å². The Kier molecular flexibility index (Phi) is 6.39. The molecule has 1 amide bonds. The van der Waals surface area contributed by atoms with Crippen molar-refractivity contribution in [3.8, 4) is 0 Å². The summed E-state index contributed by atoms with van der Waals surface area (Å²) in [5.41, 5.74) is 1.15. The maximum absolute atomic E-state index is 11.9. The van der Waals surface area contributed by atoms with E-state index in [0.29, 0.717) is 19.0 Å². The molecule has 0 aromatic carbocycles. The van der Waals surface area contributed by atoms with E-state index in [4.69, 9.17) is 0 Å². The van der Waals surface area contributed by atoms with Crippen molar-refractivity contribution in [2.45, 2.75) is 39.3 Å². The second kappa shape index (κ2) is 8.29. The van der Waals surface area contributed by atoms with Crippen LogP contribution in [0.3, 0.4) is 0 Å². The van der Waals surface area contributed by atoms with Crippen molar-refractivity contribution >= 4 is 5.91 Å². The molecule has 2 heterocycles. The van der Waals surface area contributed by atoms with Crippen molar-refractivity contribution < 1.29 is 4.79 Å². The smallest absolute Gasteiger partial charge is 0.220 e. The fraction of sp³-hybridized carbons (Fsp3) is 0.750. The average molecular weight is 307 g/mol. The average Bonchev–Trinajstić information content (AvgIpc) is 2.91. The monoisotopic (exact) mass is 307 g/mol. The zero-order chi connectivity index (χ0) is 15.9. The summed E-state index contributed by atoms with van der Waals surface area (Å²) in [6.45, 7) is 10.1. The molecule has 0 bridgehead atoms. The van der Waals surface area contributed by atoms with E-state index < -0.39 is 0 Å². The second-order valence-electron chi connectivity index (χ2n) is 6.36. The van der Waals surface area contributed by atoms with Gasteiger partial charge in [0.1, 0.15) is 0 Å². The van der Waals surface area contributed by atoms with Gasteiger partial charge in [-0.3, -0.25) is 14.4 Å². The van der Waals surface area contributed by atoms with Gasteiger partial charge in [0.05, 0.1) is 12.7 Å². The number of carbonyl (C=O) groups excluding carboxylic acids is 1. The summed E-state index contributed by atoms with van der Waals surface area (Å²) in [4.78, 5) is 16.8. The summed E-state index contributed by atoms with van der Waals surface area (Å²) in [6.07, 6.45) is 5.35. The Morgan fingerprint density at radius 1 is 1.36 bits per heavy atom. The van der Waals surface area contributed by atoms with Crippen LogP contribution in [0.5, 0.6) is 0 Å². The van der Waals surface area contributed by atoms with Crippen LogP contribution in [0, 0.1) is 6.92 Å². The first-order chi connectivity index (χ1) is 10.5. The second-order valence-corrected chi connectivity index (χ2v) is 6.36. The van der Waals surface area contributed by atoms with Crippen LogP contribution < -0.4 is 5.32 Å². The number of nitrogens with zero attached hydrogens (tertiary/aromatic N) is 4. The summed E-state index contributed by atoms with van der Waals surface area (Å²) in [6, 6.07) is 0.480. The molecule has 0 unspecified atom stereocenters. The highest BCUT2D eigenvalue weighted by Gasteiger charge is 2.19. The third-order valence-electron chi connectivity index (χ3n) is 4.38. The first-order valence-electron chi connectivity index (χ1n) is 8.23. The number of piperazine rings is 1. The number of rotatable bonds is 7.